The lowest BCUT2D eigenvalue weighted by molar-refractivity contribution is 0.110. The third-order valence-corrected chi connectivity index (χ3v) is 4.26. The van der Waals surface area contributed by atoms with E-state index in [1.54, 1.807) is 6.07 Å². The third-order valence-electron chi connectivity index (χ3n) is 3.73. The average Bonchev–Trinajstić information content (AvgIpc) is 3.04. The quantitative estimate of drug-likeness (QED) is 0.852. The second kappa shape index (κ2) is 6.35. The van der Waals surface area contributed by atoms with Gasteiger partial charge >= 0.3 is 0 Å². The van der Waals surface area contributed by atoms with Crippen molar-refractivity contribution in [1.82, 2.24) is 9.88 Å². The van der Waals surface area contributed by atoms with Crippen LogP contribution in [0.4, 0.5) is 0 Å². The fourth-order valence-electron chi connectivity index (χ4n) is 2.68. The lowest BCUT2D eigenvalue weighted by Crippen LogP contribution is -2.28. The van der Waals surface area contributed by atoms with Crippen molar-refractivity contribution in [3.63, 3.8) is 0 Å². The van der Waals surface area contributed by atoms with Crippen LogP contribution < -0.4 is 5.32 Å². The zero-order valence-electron chi connectivity index (χ0n) is 11.2. The first kappa shape index (κ1) is 14.2. The van der Waals surface area contributed by atoms with E-state index in [1.807, 2.05) is 12.1 Å². The summed E-state index contributed by atoms with van der Waals surface area (Å²) in [6.45, 7) is 3.65. The molecule has 0 aliphatic carbocycles. The van der Waals surface area contributed by atoms with Crippen molar-refractivity contribution in [1.29, 1.82) is 0 Å². The molecule has 1 aromatic carbocycles. The number of hydrogen-bond acceptors (Lipinski definition) is 2. The minimum absolute atomic E-state index is 0.389. The molecule has 108 valence electrons. The van der Waals surface area contributed by atoms with E-state index in [4.69, 9.17) is 27.9 Å². The fourth-order valence-corrected chi connectivity index (χ4v) is 3.23. The number of rotatable bonds is 5. The summed E-state index contributed by atoms with van der Waals surface area (Å²) >= 11 is 12.3. The molecule has 3 rings (SSSR count). The maximum atomic E-state index is 6.19. The van der Waals surface area contributed by atoms with Gasteiger partial charge in [-0.05, 0) is 31.0 Å². The second-order valence-electron chi connectivity index (χ2n) is 5.17. The van der Waals surface area contributed by atoms with Gasteiger partial charge in [-0.2, -0.15) is 0 Å². The van der Waals surface area contributed by atoms with Crippen molar-refractivity contribution < 1.29 is 4.74 Å². The second-order valence-corrected chi connectivity index (χ2v) is 6.01. The highest BCUT2D eigenvalue weighted by Gasteiger charge is 2.14. The first-order chi connectivity index (χ1) is 9.74. The molecule has 1 aromatic heterocycles. The summed E-state index contributed by atoms with van der Waals surface area (Å²) < 4.78 is 7.76. The molecule has 0 spiro atoms. The molecule has 2 heterocycles. The molecule has 1 unspecified atom stereocenters. The molecule has 0 radical (unpaired) electrons. The molecule has 20 heavy (non-hydrogen) atoms. The van der Waals surface area contributed by atoms with Crippen molar-refractivity contribution >= 4 is 34.1 Å². The number of nitrogens with zero attached hydrogens (tertiary/aromatic N) is 1. The largest absolute Gasteiger partial charge is 0.377 e. The molecule has 1 saturated heterocycles. The van der Waals surface area contributed by atoms with Crippen LogP contribution in [0.1, 0.15) is 12.8 Å². The first-order valence-electron chi connectivity index (χ1n) is 7.00. The average molecular weight is 313 g/mol. The summed E-state index contributed by atoms with van der Waals surface area (Å²) in [5, 5.41) is 5.88. The number of ether oxygens (including phenoxy) is 1. The van der Waals surface area contributed by atoms with E-state index in [0.717, 1.165) is 37.1 Å². The first-order valence-corrected chi connectivity index (χ1v) is 7.76. The standard InChI is InChI=1S/C15H18Cl2N2O/c16-11-8-14(17)13-3-5-19(15(13)9-11)6-4-18-10-12-2-1-7-20-12/h3,5,8-9,12,18H,1-2,4,6-7,10H2. The van der Waals surface area contributed by atoms with Crippen molar-refractivity contribution in [2.24, 2.45) is 0 Å². The van der Waals surface area contributed by atoms with Crippen LogP contribution >= 0.6 is 23.2 Å². The molecule has 2 aromatic rings. The topological polar surface area (TPSA) is 26.2 Å². The number of nitrogens with one attached hydrogen (secondary N) is 1. The Morgan fingerprint density at radius 2 is 2.25 bits per heavy atom. The third kappa shape index (κ3) is 3.12. The van der Waals surface area contributed by atoms with Gasteiger partial charge in [0, 0.05) is 42.8 Å². The van der Waals surface area contributed by atoms with Crippen LogP contribution in [-0.4, -0.2) is 30.4 Å². The fraction of sp³-hybridized carbons (Fsp3) is 0.467. The molecule has 1 N–H and O–H groups in total. The van der Waals surface area contributed by atoms with E-state index in [-0.39, 0.29) is 0 Å². The lowest BCUT2D eigenvalue weighted by Gasteiger charge is -2.11. The van der Waals surface area contributed by atoms with Crippen LogP contribution in [0.2, 0.25) is 10.0 Å². The van der Waals surface area contributed by atoms with Crippen molar-refractivity contribution in [2.75, 3.05) is 19.7 Å². The molecule has 0 saturated carbocycles. The van der Waals surface area contributed by atoms with Gasteiger partial charge in [0.05, 0.1) is 16.6 Å². The van der Waals surface area contributed by atoms with Gasteiger partial charge in [0.2, 0.25) is 0 Å². The van der Waals surface area contributed by atoms with Crippen molar-refractivity contribution in [3.05, 3.63) is 34.4 Å². The highest BCUT2D eigenvalue weighted by Crippen LogP contribution is 2.28. The normalized spacial score (nSPS) is 19.0. The van der Waals surface area contributed by atoms with E-state index < -0.39 is 0 Å². The van der Waals surface area contributed by atoms with Gasteiger partial charge in [0.15, 0.2) is 0 Å². The molecular formula is C15H18Cl2N2O. The van der Waals surface area contributed by atoms with Gasteiger partial charge in [-0.1, -0.05) is 23.2 Å². The van der Waals surface area contributed by atoms with Crippen molar-refractivity contribution in [3.8, 4) is 0 Å². The van der Waals surface area contributed by atoms with Gasteiger partial charge in [0.1, 0.15) is 0 Å². The highest BCUT2D eigenvalue weighted by atomic mass is 35.5. The maximum Gasteiger partial charge on any atom is 0.0700 e. The number of halogens is 2. The zero-order valence-corrected chi connectivity index (χ0v) is 12.8. The summed E-state index contributed by atoms with van der Waals surface area (Å²) in [5.74, 6) is 0. The molecule has 3 nitrogen and oxygen atoms in total. The summed E-state index contributed by atoms with van der Waals surface area (Å²) in [6.07, 6.45) is 4.80. The zero-order chi connectivity index (χ0) is 13.9. The van der Waals surface area contributed by atoms with Gasteiger partial charge < -0.3 is 14.6 Å². The molecular weight excluding hydrogens is 295 g/mol. The predicted molar refractivity (Wildman–Crippen MR) is 83.8 cm³/mol. The van der Waals surface area contributed by atoms with Crippen LogP contribution in [0.3, 0.4) is 0 Å². The summed E-state index contributed by atoms with van der Waals surface area (Å²) in [5.41, 5.74) is 1.08. The summed E-state index contributed by atoms with van der Waals surface area (Å²) in [7, 11) is 0. The molecule has 0 amide bonds. The Hall–Kier alpha value is -0.740. The van der Waals surface area contributed by atoms with E-state index in [9.17, 15) is 0 Å². The maximum absolute atomic E-state index is 6.19. The van der Waals surface area contributed by atoms with E-state index >= 15 is 0 Å². The highest BCUT2D eigenvalue weighted by molar-refractivity contribution is 6.38. The Balaban J connectivity index is 1.60. The Kier molecular flexibility index (Phi) is 4.51. The Morgan fingerprint density at radius 1 is 1.35 bits per heavy atom. The Labute approximate surface area is 128 Å². The minimum Gasteiger partial charge on any atom is -0.377 e. The van der Waals surface area contributed by atoms with E-state index in [1.165, 1.54) is 12.8 Å². The van der Waals surface area contributed by atoms with E-state index in [0.29, 0.717) is 16.1 Å². The van der Waals surface area contributed by atoms with Gasteiger partial charge in [-0.25, -0.2) is 0 Å². The van der Waals surface area contributed by atoms with Crippen LogP contribution in [0, 0.1) is 0 Å². The number of aromatic nitrogens is 1. The number of fused-ring (bicyclic) bond motifs is 1. The van der Waals surface area contributed by atoms with E-state index in [2.05, 4.69) is 16.1 Å². The molecule has 1 aliphatic rings. The number of benzene rings is 1. The molecule has 5 heteroatoms. The predicted octanol–water partition coefficient (Wildman–Crippen LogP) is 3.72. The number of hydrogen-bond donors (Lipinski definition) is 1. The van der Waals surface area contributed by atoms with Gasteiger partial charge in [-0.3, -0.25) is 0 Å². The molecule has 1 fully saturated rings. The lowest BCUT2D eigenvalue weighted by atomic mass is 10.2. The van der Waals surface area contributed by atoms with Crippen LogP contribution in [0.25, 0.3) is 10.9 Å². The minimum atomic E-state index is 0.389. The van der Waals surface area contributed by atoms with Crippen molar-refractivity contribution in [2.45, 2.75) is 25.5 Å². The molecule has 0 bridgehead atoms. The van der Waals surface area contributed by atoms with Crippen LogP contribution in [0.5, 0.6) is 0 Å². The van der Waals surface area contributed by atoms with Gasteiger partial charge in [-0.15, -0.1) is 0 Å². The smallest absolute Gasteiger partial charge is 0.0700 e. The molecule has 1 aliphatic heterocycles. The van der Waals surface area contributed by atoms with Crippen LogP contribution in [-0.2, 0) is 11.3 Å². The SMILES string of the molecule is Clc1cc(Cl)c2ccn(CCNCC3CCCO3)c2c1. The summed E-state index contributed by atoms with van der Waals surface area (Å²) in [6, 6.07) is 5.78. The van der Waals surface area contributed by atoms with Gasteiger partial charge in [0.25, 0.3) is 0 Å². The Morgan fingerprint density at radius 3 is 3.05 bits per heavy atom. The monoisotopic (exact) mass is 312 g/mol. The summed E-state index contributed by atoms with van der Waals surface area (Å²) in [4.78, 5) is 0. The van der Waals surface area contributed by atoms with Crippen LogP contribution in [0.15, 0.2) is 24.4 Å². The molecule has 1 atom stereocenters. The Bertz CT molecular complexity index is 591.